The molecular formula is C16H18Cl2N4O2. The predicted octanol–water partition coefficient (Wildman–Crippen LogP) is 3.12. The number of aliphatic carboxylic acids is 1. The normalized spacial score (nSPS) is 21.8. The number of aromatic nitrogens is 3. The van der Waals surface area contributed by atoms with E-state index >= 15 is 0 Å². The van der Waals surface area contributed by atoms with E-state index in [-0.39, 0.29) is 5.92 Å². The quantitative estimate of drug-likeness (QED) is 0.897. The first-order valence-electron chi connectivity index (χ1n) is 7.74. The summed E-state index contributed by atoms with van der Waals surface area (Å²) in [7, 11) is 0. The van der Waals surface area contributed by atoms with E-state index in [1.807, 2.05) is 12.3 Å². The smallest absolute Gasteiger partial charge is 0.307 e. The van der Waals surface area contributed by atoms with E-state index in [9.17, 15) is 9.90 Å². The third-order valence-electron chi connectivity index (χ3n) is 4.18. The lowest BCUT2D eigenvalue weighted by Gasteiger charge is -2.34. The molecule has 1 aromatic carbocycles. The minimum atomic E-state index is -0.731. The van der Waals surface area contributed by atoms with Gasteiger partial charge in [0.05, 0.1) is 33.5 Å². The lowest BCUT2D eigenvalue weighted by molar-refractivity contribution is -0.144. The molecular weight excluding hydrogens is 351 g/mol. The van der Waals surface area contributed by atoms with E-state index in [1.54, 1.807) is 16.8 Å². The van der Waals surface area contributed by atoms with Crippen LogP contribution in [0.2, 0.25) is 10.0 Å². The van der Waals surface area contributed by atoms with E-state index in [0.29, 0.717) is 29.1 Å². The van der Waals surface area contributed by atoms with Crippen LogP contribution in [-0.4, -0.2) is 44.1 Å². The van der Waals surface area contributed by atoms with Crippen molar-refractivity contribution in [1.29, 1.82) is 0 Å². The molecule has 2 unspecified atom stereocenters. The highest BCUT2D eigenvalue weighted by atomic mass is 35.5. The summed E-state index contributed by atoms with van der Waals surface area (Å²) in [5, 5.41) is 18.5. The molecule has 1 aromatic heterocycles. The van der Waals surface area contributed by atoms with E-state index in [2.05, 4.69) is 22.1 Å². The third-order valence-corrected chi connectivity index (χ3v) is 4.92. The van der Waals surface area contributed by atoms with Crippen molar-refractivity contribution in [3.63, 3.8) is 0 Å². The number of hydrogen-bond donors (Lipinski definition) is 1. The largest absolute Gasteiger partial charge is 0.481 e. The van der Waals surface area contributed by atoms with Crippen LogP contribution in [0, 0.1) is 11.8 Å². The maximum atomic E-state index is 11.3. The molecule has 0 aliphatic carbocycles. The Kier molecular flexibility index (Phi) is 5.08. The van der Waals surface area contributed by atoms with Crippen LogP contribution in [0.1, 0.15) is 19.0 Å². The maximum Gasteiger partial charge on any atom is 0.307 e. The molecule has 3 rings (SSSR count). The zero-order chi connectivity index (χ0) is 17.3. The summed E-state index contributed by atoms with van der Waals surface area (Å²) in [6, 6.07) is 5.26. The molecule has 2 aromatic rings. The highest BCUT2D eigenvalue weighted by molar-refractivity contribution is 6.42. The van der Waals surface area contributed by atoms with Crippen LogP contribution in [0.5, 0.6) is 0 Å². The second-order valence-electron chi connectivity index (χ2n) is 6.32. The first kappa shape index (κ1) is 17.2. The van der Waals surface area contributed by atoms with Crippen LogP contribution in [0.3, 0.4) is 0 Å². The van der Waals surface area contributed by atoms with Crippen LogP contribution in [-0.2, 0) is 11.3 Å². The summed E-state index contributed by atoms with van der Waals surface area (Å²) in [6.07, 6.45) is 2.55. The van der Waals surface area contributed by atoms with Crippen molar-refractivity contribution in [1.82, 2.24) is 19.9 Å². The van der Waals surface area contributed by atoms with Crippen molar-refractivity contribution < 1.29 is 9.90 Å². The fraction of sp³-hybridized carbons (Fsp3) is 0.438. The first-order chi connectivity index (χ1) is 11.4. The van der Waals surface area contributed by atoms with Gasteiger partial charge in [-0.1, -0.05) is 35.3 Å². The summed E-state index contributed by atoms with van der Waals surface area (Å²) in [4.78, 5) is 13.4. The molecule has 1 fully saturated rings. The number of hydrogen-bond acceptors (Lipinski definition) is 4. The number of rotatable bonds is 4. The number of carbonyl (C=O) groups is 1. The van der Waals surface area contributed by atoms with E-state index in [0.717, 1.165) is 24.3 Å². The summed E-state index contributed by atoms with van der Waals surface area (Å²) in [5.74, 6) is -0.699. The van der Waals surface area contributed by atoms with Crippen molar-refractivity contribution in [2.75, 3.05) is 13.1 Å². The Balaban J connectivity index is 1.71. The average molecular weight is 369 g/mol. The molecule has 0 saturated carbocycles. The monoisotopic (exact) mass is 368 g/mol. The molecule has 0 radical (unpaired) electrons. The Hall–Kier alpha value is -1.63. The number of carboxylic acids is 1. The second kappa shape index (κ2) is 7.09. The van der Waals surface area contributed by atoms with Gasteiger partial charge in [-0.3, -0.25) is 9.69 Å². The van der Waals surface area contributed by atoms with Gasteiger partial charge in [0.1, 0.15) is 0 Å². The molecule has 1 aliphatic heterocycles. The lowest BCUT2D eigenvalue weighted by atomic mass is 9.90. The maximum absolute atomic E-state index is 11.3. The number of piperidine rings is 1. The third kappa shape index (κ3) is 3.88. The zero-order valence-corrected chi connectivity index (χ0v) is 14.7. The lowest BCUT2D eigenvalue weighted by Crippen LogP contribution is -2.42. The van der Waals surface area contributed by atoms with E-state index in [4.69, 9.17) is 23.2 Å². The van der Waals surface area contributed by atoms with Crippen LogP contribution in [0.4, 0.5) is 0 Å². The van der Waals surface area contributed by atoms with Crippen LogP contribution in [0.15, 0.2) is 24.4 Å². The van der Waals surface area contributed by atoms with E-state index < -0.39 is 5.97 Å². The Morgan fingerprint density at radius 1 is 1.33 bits per heavy atom. The molecule has 8 heteroatoms. The fourth-order valence-corrected chi connectivity index (χ4v) is 3.42. The van der Waals surface area contributed by atoms with Gasteiger partial charge < -0.3 is 5.11 Å². The molecule has 2 heterocycles. The van der Waals surface area contributed by atoms with Crippen molar-refractivity contribution >= 4 is 29.2 Å². The van der Waals surface area contributed by atoms with Crippen LogP contribution >= 0.6 is 23.2 Å². The average Bonchev–Trinajstić information content (AvgIpc) is 2.98. The molecule has 6 nitrogen and oxygen atoms in total. The number of carboxylic acid groups (broad SMARTS) is 1. The number of benzene rings is 1. The molecule has 1 aliphatic rings. The first-order valence-corrected chi connectivity index (χ1v) is 8.50. The molecule has 1 saturated heterocycles. The van der Waals surface area contributed by atoms with Gasteiger partial charge in [-0.15, -0.1) is 5.10 Å². The highest BCUT2D eigenvalue weighted by Gasteiger charge is 2.29. The molecule has 0 bridgehead atoms. The number of likely N-dealkylation sites (tertiary alicyclic amines) is 1. The van der Waals surface area contributed by atoms with Gasteiger partial charge in [-0.05, 0) is 30.5 Å². The molecule has 24 heavy (non-hydrogen) atoms. The Bertz CT molecular complexity index is 749. The van der Waals surface area contributed by atoms with Gasteiger partial charge >= 0.3 is 5.97 Å². The van der Waals surface area contributed by atoms with Crippen molar-refractivity contribution in [2.45, 2.75) is 19.9 Å². The van der Waals surface area contributed by atoms with Gasteiger partial charge in [-0.2, -0.15) is 0 Å². The number of nitrogens with zero attached hydrogens (tertiary/aromatic N) is 4. The van der Waals surface area contributed by atoms with Gasteiger partial charge in [0.2, 0.25) is 0 Å². The molecule has 2 atom stereocenters. The summed E-state index contributed by atoms with van der Waals surface area (Å²) < 4.78 is 1.64. The summed E-state index contributed by atoms with van der Waals surface area (Å²) in [6.45, 7) is 4.06. The van der Waals surface area contributed by atoms with Crippen molar-refractivity contribution in [3.05, 3.63) is 40.1 Å². The van der Waals surface area contributed by atoms with Crippen molar-refractivity contribution in [2.24, 2.45) is 11.8 Å². The fourth-order valence-electron chi connectivity index (χ4n) is 3.12. The topological polar surface area (TPSA) is 71.2 Å². The zero-order valence-electron chi connectivity index (χ0n) is 13.2. The van der Waals surface area contributed by atoms with E-state index in [1.165, 1.54) is 0 Å². The van der Waals surface area contributed by atoms with Crippen LogP contribution < -0.4 is 0 Å². The molecule has 128 valence electrons. The van der Waals surface area contributed by atoms with Gasteiger partial charge in [0.15, 0.2) is 0 Å². The van der Waals surface area contributed by atoms with Gasteiger partial charge in [0.25, 0.3) is 0 Å². The SMILES string of the molecule is CC1CC(C(=O)O)CN(Cc2cn(-c3ccc(Cl)c(Cl)c3)nn2)C1. The number of halogens is 2. The summed E-state index contributed by atoms with van der Waals surface area (Å²) >= 11 is 12.0. The highest BCUT2D eigenvalue weighted by Crippen LogP contribution is 2.25. The summed E-state index contributed by atoms with van der Waals surface area (Å²) in [5.41, 5.74) is 1.57. The Labute approximate surface area is 150 Å². The Morgan fingerprint density at radius 2 is 2.12 bits per heavy atom. The van der Waals surface area contributed by atoms with Crippen molar-refractivity contribution in [3.8, 4) is 5.69 Å². The minimum absolute atomic E-state index is 0.320. The molecule has 0 spiro atoms. The minimum Gasteiger partial charge on any atom is -0.481 e. The second-order valence-corrected chi connectivity index (χ2v) is 7.14. The van der Waals surface area contributed by atoms with Gasteiger partial charge in [0, 0.05) is 19.6 Å². The standard InChI is InChI=1S/C16H18Cl2N4O2/c1-10-4-11(16(23)24)7-21(6-10)8-12-9-22(20-19-12)13-2-3-14(17)15(18)5-13/h2-3,5,9-11H,4,6-8H2,1H3,(H,23,24). The Morgan fingerprint density at radius 3 is 2.83 bits per heavy atom. The molecule has 1 N–H and O–H groups in total. The molecule has 0 amide bonds. The predicted molar refractivity (Wildman–Crippen MR) is 91.6 cm³/mol. The van der Waals surface area contributed by atoms with Gasteiger partial charge in [-0.25, -0.2) is 4.68 Å². The van der Waals surface area contributed by atoms with Crippen LogP contribution in [0.25, 0.3) is 5.69 Å².